The fourth-order valence-electron chi connectivity index (χ4n) is 8.26. The smallest absolute Gasteiger partial charge is 0.143 e. The summed E-state index contributed by atoms with van der Waals surface area (Å²) in [6.07, 6.45) is 0. The Kier molecular flexibility index (Phi) is 5.95. The van der Waals surface area contributed by atoms with Gasteiger partial charge in [0.2, 0.25) is 0 Å². The van der Waals surface area contributed by atoms with E-state index < -0.39 is 0 Å². The Bertz CT molecular complexity index is 2750. The fourth-order valence-corrected chi connectivity index (χ4v) is 8.26. The zero-order valence-corrected chi connectivity index (χ0v) is 27.4. The summed E-state index contributed by atoms with van der Waals surface area (Å²) in [4.78, 5) is 2.40. The van der Waals surface area contributed by atoms with E-state index in [0.29, 0.717) is 0 Å². The lowest BCUT2D eigenvalue weighted by Gasteiger charge is -2.28. The van der Waals surface area contributed by atoms with Gasteiger partial charge in [-0.25, -0.2) is 0 Å². The van der Waals surface area contributed by atoms with Gasteiger partial charge >= 0.3 is 0 Å². The second-order valence-corrected chi connectivity index (χ2v) is 13.7. The molecular formula is C47H33NO. The van der Waals surface area contributed by atoms with Crippen molar-refractivity contribution in [3.63, 3.8) is 0 Å². The normalized spacial score (nSPS) is 13.3. The molecule has 49 heavy (non-hydrogen) atoms. The summed E-state index contributed by atoms with van der Waals surface area (Å²) in [6, 6.07) is 59.3. The first kappa shape index (κ1) is 27.9. The molecular weight excluding hydrogens is 595 g/mol. The van der Waals surface area contributed by atoms with Crippen molar-refractivity contribution in [2.24, 2.45) is 0 Å². The quantitative estimate of drug-likeness (QED) is 0.193. The van der Waals surface area contributed by atoms with Gasteiger partial charge in [-0.2, -0.15) is 0 Å². The zero-order valence-electron chi connectivity index (χ0n) is 27.4. The second kappa shape index (κ2) is 10.4. The van der Waals surface area contributed by atoms with Crippen LogP contribution in [0.3, 0.4) is 0 Å². The average molecular weight is 628 g/mol. The molecule has 0 unspecified atom stereocenters. The molecule has 2 nitrogen and oxygen atoms in total. The Balaban J connectivity index is 1.26. The molecule has 0 radical (unpaired) electrons. The van der Waals surface area contributed by atoms with E-state index in [1.165, 1.54) is 43.8 Å². The molecule has 0 atom stereocenters. The molecule has 1 aromatic heterocycles. The van der Waals surface area contributed by atoms with Crippen LogP contribution in [0.5, 0.6) is 0 Å². The summed E-state index contributed by atoms with van der Waals surface area (Å²) < 4.78 is 6.94. The minimum Gasteiger partial charge on any atom is -0.455 e. The van der Waals surface area contributed by atoms with Crippen molar-refractivity contribution >= 4 is 60.5 Å². The van der Waals surface area contributed by atoms with Gasteiger partial charge < -0.3 is 9.32 Å². The summed E-state index contributed by atoms with van der Waals surface area (Å²) >= 11 is 0. The Hall–Kier alpha value is -6.12. The number of rotatable bonds is 4. The number of para-hydroxylation sites is 1. The highest BCUT2D eigenvalue weighted by molar-refractivity contribution is 6.22. The van der Waals surface area contributed by atoms with Crippen molar-refractivity contribution in [3.05, 3.63) is 175 Å². The summed E-state index contributed by atoms with van der Waals surface area (Å²) in [5.41, 5.74) is 12.7. The zero-order chi connectivity index (χ0) is 32.7. The molecule has 10 rings (SSSR count). The van der Waals surface area contributed by atoms with Gasteiger partial charge in [0.25, 0.3) is 0 Å². The largest absolute Gasteiger partial charge is 0.455 e. The molecule has 0 bridgehead atoms. The lowest BCUT2D eigenvalue weighted by molar-refractivity contribution is 0.660. The van der Waals surface area contributed by atoms with Crippen LogP contribution in [0.15, 0.2) is 168 Å². The Morgan fingerprint density at radius 3 is 2.10 bits per heavy atom. The van der Waals surface area contributed by atoms with Crippen molar-refractivity contribution in [1.82, 2.24) is 0 Å². The molecule has 2 heteroatoms. The predicted octanol–water partition coefficient (Wildman–Crippen LogP) is 13.3. The number of furan rings is 1. The highest BCUT2D eigenvalue weighted by atomic mass is 16.3. The molecule has 0 fully saturated rings. The molecule has 0 spiro atoms. The Morgan fingerprint density at radius 2 is 1.22 bits per heavy atom. The van der Waals surface area contributed by atoms with Gasteiger partial charge in [0.05, 0.1) is 11.1 Å². The number of hydrogen-bond donors (Lipinski definition) is 0. The first-order valence-corrected chi connectivity index (χ1v) is 17.0. The van der Waals surface area contributed by atoms with Crippen LogP contribution in [0, 0.1) is 0 Å². The van der Waals surface area contributed by atoms with Gasteiger partial charge in [0.1, 0.15) is 11.2 Å². The number of anilines is 3. The average Bonchev–Trinajstić information content (AvgIpc) is 3.63. The van der Waals surface area contributed by atoms with Gasteiger partial charge in [-0.15, -0.1) is 0 Å². The summed E-state index contributed by atoms with van der Waals surface area (Å²) in [5.74, 6) is 0. The molecule has 1 aliphatic carbocycles. The number of hydrogen-bond acceptors (Lipinski definition) is 2. The predicted molar refractivity (Wildman–Crippen MR) is 206 cm³/mol. The maximum absolute atomic E-state index is 6.94. The third-order valence-corrected chi connectivity index (χ3v) is 10.6. The van der Waals surface area contributed by atoms with E-state index in [-0.39, 0.29) is 5.41 Å². The van der Waals surface area contributed by atoms with E-state index >= 15 is 0 Å². The standard InChI is InChI=1S/C47H33NO/c1-47(2)40-20-11-10-19-37(40)38-26-25-35(29-41(38)47)48(34-16-4-3-5-17-34)42-21-12-22-43-45(42)39-28-32-15-8-9-18-36(32)44(46(39)49-43)33-24-23-30-13-6-7-14-31(30)27-33/h3-29H,1-2H3. The van der Waals surface area contributed by atoms with Crippen molar-refractivity contribution in [2.45, 2.75) is 19.3 Å². The van der Waals surface area contributed by atoms with E-state index in [1.807, 2.05) is 0 Å². The van der Waals surface area contributed by atoms with Crippen LogP contribution in [0.1, 0.15) is 25.0 Å². The maximum Gasteiger partial charge on any atom is 0.143 e. The van der Waals surface area contributed by atoms with Crippen molar-refractivity contribution in [3.8, 4) is 22.3 Å². The first-order chi connectivity index (χ1) is 24.1. The van der Waals surface area contributed by atoms with Crippen LogP contribution in [-0.2, 0) is 5.41 Å². The molecule has 232 valence electrons. The Labute approximate surface area is 285 Å². The van der Waals surface area contributed by atoms with Crippen LogP contribution in [0.25, 0.3) is 65.7 Å². The lowest BCUT2D eigenvalue weighted by Crippen LogP contribution is -2.16. The maximum atomic E-state index is 6.94. The highest BCUT2D eigenvalue weighted by Crippen LogP contribution is 2.52. The van der Waals surface area contributed by atoms with Crippen molar-refractivity contribution < 1.29 is 4.42 Å². The van der Waals surface area contributed by atoms with Crippen LogP contribution >= 0.6 is 0 Å². The van der Waals surface area contributed by atoms with E-state index in [0.717, 1.165) is 50.1 Å². The topological polar surface area (TPSA) is 16.4 Å². The number of benzene rings is 8. The van der Waals surface area contributed by atoms with Gasteiger partial charge in [0, 0.05) is 27.7 Å². The summed E-state index contributed by atoms with van der Waals surface area (Å²) in [6.45, 7) is 4.69. The first-order valence-electron chi connectivity index (χ1n) is 17.0. The number of fused-ring (bicyclic) bond motifs is 8. The summed E-state index contributed by atoms with van der Waals surface area (Å²) in [5, 5.41) is 7.05. The minimum absolute atomic E-state index is 0.105. The fraction of sp³-hybridized carbons (Fsp3) is 0.0638. The van der Waals surface area contributed by atoms with E-state index in [2.05, 4.69) is 183 Å². The van der Waals surface area contributed by atoms with Crippen molar-refractivity contribution in [1.29, 1.82) is 0 Å². The SMILES string of the molecule is CC1(C)c2ccccc2-c2ccc(N(c3ccccc3)c3cccc4oc5c(-c6ccc7ccccc7c6)c6ccccc6cc5c34)cc21. The molecule has 0 N–H and O–H groups in total. The van der Waals surface area contributed by atoms with Crippen molar-refractivity contribution in [2.75, 3.05) is 4.90 Å². The summed E-state index contributed by atoms with van der Waals surface area (Å²) in [7, 11) is 0. The lowest BCUT2D eigenvalue weighted by atomic mass is 9.82. The Morgan fingerprint density at radius 1 is 0.490 bits per heavy atom. The van der Waals surface area contributed by atoms with Crippen LogP contribution < -0.4 is 4.90 Å². The van der Waals surface area contributed by atoms with Crippen LogP contribution in [0.2, 0.25) is 0 Å². The molecule has 1 aliphatic rings. The highest BCUT2D eigenvalue weighted by Gasteiger charge is 2.36. The molecule has 8 aromatic carbocycles. The van der Waals surface area contributed by atoms with Gasteiger partial charge in [-0.05, 0) is 97.9 Å². The number of nitrogens with zero attached hydrogens (tertiary/aromatic N) is 1. The molecule has 0 aliphatic heterocycles. The van der Waals surface area contributed by atoms with Gasteiger partial charge in [-0.1, -0.05) is 129 Å². The van der Waals surface area contributed by atoms with Crippen LogP contribution in [0.4, 0.5) is 17.1 Å². The molecule has 0 amide bonds. The second-order valence-electron chi connectivity index (χ2n) is 13.7. The molecule has 0 saturated heterocycles. The van der Waals surface area contributed by atoms with Crippen LogP contribution in [-0.4, -0.2) is 0 Å². The van der Waals surface area contributed by atoms with E-state index in [9.17, 15) is 0 Å². The third kappa shape index (κ3) is 4.14. The molecule has 9 aromatic rings. The van der Waals surface area contributed by atoms with E-state index in [4.69, 9.17) is 4.42 Å². The molecule has 0 saturated carbocycles. The van der Waals surface area contributed by atoms with E-state index in [1.54, 1.807) is 0 Å². The molecule has 1 heterocycles. The minimum atomic E-state index is -0.105. The van der Waals surface area contributed by atoms with Gasteiger partial charge in [-0.3, -0.25) is 0 Å². The third-order valence-electron chi connectivity index (χ3n) is 10.6. The monoisotopic (exact) mass is 627 g/mol. The van der Waals surface area contributed by atoms with Gasteiger partial charge in [0.15, 0.2) is 0 Å².